The van der Waals surface area contributed by atoms with Crippen LogP contribution in [0.15, 0.2) is 47.4 Å². The van der Waals surface area contributed by atoms with Crippen LogP contribution >= 0.6 is 11.6 Å². The Kier molecular flexibility index (Phi) is 10.2. The maximum atomic E-state index is 13.7. The summed E-state index contributed by atoms with van der Waals surface area (Å²) in [5.41, 5.74) is 0.652. The summed E-state index contributed by atoms with van der Waals surface area (Å²) in [6.45, 7) is 3.64. The van der Waals surface area contributed by atoms with E-state index in [0.717, 1.165) is 25.7 Å². The normalized spacial score (nSPS) is 20.9. The number of amides is 3. The molecule has 10 nitrogen and oxygen atoms in total. The van der Waals surface area contributed by atoms with Crippen molar-refractivity contribution in [1.29, 1.82) is 0 Å². The fourth-order valence-electron chi connectivity index (χ4n) is 5.26. The minimum Gasteiger partial charge on any atom is -0.488 e. The van der Waals surface area contributed by atoms with Gasteiger partial charge >= 0.3 is 6.03 Å². The number of fused-ring (bicyclic) bond motifs is 1. The molecule has 1 heterocycles. The molecule has 0 radical (unpaired) electrons. The number of halogens is 1. The van der Waals surface area contributed by atoms with Crippen LogP contribution in [0.4, 0.5) is 10.5 Å². The van der Waals surface area contributed by atoms with Crippen molar-refractivity contribution in [1.82, 2.24) is 14.5 Å². The van der Waals surface area contributed by atoms with Crippen LogP contribution in [0, 0.1) is 5.92 Å². The minimum atomic E-state index is -3.84. The molecule has 1 aliphatic carbocycles. The molecule has 0 bridgehead atoms. The van der Waals surface area contributed by atoms with Gasteiger partial charge in [0, 0.05) is 36.3 Å². The van der Waals surface area contributed by atoms with E-state index in [4.69, 9.17) is 16.3 Å². The highest BCUT2D eigenvalue weighted by atomic mass is 35.5. The fraction of sp³-hybridized carbons (Fsp3) is 0.517. The third-order valence-corrected chi connectivity index (χ3v) is 9.91. The molecule has 0 unspecified atom stereocenters. The highest BCUT2D eigenvalue weighted by Crippen LogP contribution is 2.31. The number of ether oxygens (including phenoxy) is 1. The summed E-state index contributed by atoms with van der Waals surface area (Å²) in [7, 11) is -2.35. The monoisotopic (exact) mass is 606 g/mol. The van der Waals surface area contributed by atoms with Gasteiger partial charge in [-0.25, -0.2) is 13.2 Å². The number of benzene rings is 2. The summed E-state index contributed by atoms with van der Waals surface area (Å²) in [6.07, 6.45) is 4.63. The lowest BCUT2D eigenvalue weighted by Crippen LogP contribution is -2.50. The molecular formula is C29H39ClN4O6S. The molecule has 0 aromatic heterocycles. The first-order valence-corrected chi connectivity index (χ1v) is 15.8. The lowest BCUT2D eigenvalue weighted by molar-refractivity contribution is 0.0387. The predicted molar refractivity (Wildman–Crippen MR) is 158 cm³/mol. The lowest BCUT2D eigenvalue weighted by atomic mass is 9.96. The average Bonchev–Trinajstić information content (AvgIpc) is 2.95. The highest BCUT2D eigenvalue weighted by molar-refractivity contribution is 7.89. The number of nitrogens with zero attached hydrogens (tertiary/aromatic N) is 2. The number of aliphatic hydroxyl groups is 1. The zero-order valence-electron chi connectivity index (χ0n) is 23.7. The van der Waals surface area contributed by atoms with E-state index in [-0.39, 0.29) is 59.8 Å². The maximum absolute atomic E-state index is 13.7. The van der Waals surface area contributed by atoms with E-state index in [1.165, 1.54) is 42.0 Å². The average molecular weight is 607 g/mol. The van der Waals surface area contributed by atoms with Crippen LogP contribution in [0.1, 0.15) is 56.3 Å². The van der Waals surface area contributed by atoms with Gasteiger partial charge in [-0.05, 0) is 62.2 Å². The van der Waals surface area contributed by atoms with Crippen molar-refractivity contribution < 1.29 is 27.9 Å². The second-order valence-electron chi connectivity index (χ2n) is 11.0. The molecule has 0 spiro atoms. The first kappa shape index (κ1) is 31.1. The molecule has 1 fully saturated rings. The van der Waals surface area contributed by atoms with Gasteiger partial charge in [0.05, 0.1) is 29.7 Å². The second kappa shape index (κ2) is 13.4. The zero-order chi connectivity index (χ0) is 29.7. The third kappa shape index (κ3) is 7.51. The molecule has 0 saturated heterocycles. The van der Waals surface area contributed by atoms with E-state index < -0.39 is 22.2 Å². The molecule has 3 atom stereocenters. The molecule has 2 aromatic rings. The molecule has 2 aromatic carbocycles. The molecule has 4 rings (SSSR count). The number of carbonyl (C=O) groups is 2. The highest BCUT2D eigenvalue weighted by Gasteiger charge is 2.35. The fourth-order valence-corrected chi connectivity index (χ4v) is 6.56. The van der Waals surface area contributed by atoms with Gasteiger partial charge in [-0.15, -0.1) is 0 Å². The number of hydrogen-bond acceptors (Lipinski definition) is 6. The largest absolute Gasteiger partial charge is 0.488 e. The van der Waals surface area contributed by atoms with Crippen molar-refractivity contribution in [3.63, 3.8) is 0 Å². The summed E-state index contributed by atoms with van der Waals surface area (Å²) in [4.78, 5) is 28.0. The Labute approximate surface area is 247 Å². The van der Waals surface area contributed by atoms with Gasteiger partial charge in [-0.1, -0.05) is 37.8 Å². The number of hydrogen-bond donors (Lipinski definition) is 3. The lowest BCUT2D eigenvalue weighted by Gasteiger charge is -2.38. The molecule has 2 aliphatic rings. The smallest absolute Gasteiger partial charge is 0.319 e. The van der Waals surface area contributed by atoms with Crippen molar-refractivity contribution in [2.75, 3.05) is 32.1 Å². The van der Waals surface area contributed by atoms with E-state index in [0.29, 0.717) is 10.7 Å². The number of anilines is 1. The Hall–Kier alpha value is -2.86. The quantitative estimate of drug-likeness (QED) is 0.410. The van der Waals surface area contributed by atoms with Crippen molar-refractivity contribution in [2.24, 2.45) is 5.92 Å². The summed E-state index contributed by atoms with van der Waals surface area (Å²) in [5, 5.41) is 16.2. The number of likely N-dealkylation sites (N-methyl/N-ethyl adjacent to an activating group) is 1. The molecule has 1 saturated carbocycles. The Morgan fingerprint density at radius 1 is 1.17 bits per heavy atom. The van der Waals surface area contributed by atoms with Gasteiger partial charge in [0.25, 0.3) is 5.91 Å². The van der Waals surface area contributed by atoms with Crippen LogP contribution in [-0.2, 0) is 10.0 Å². The Bertz CT molecular complexity index is 1330. The van der Waals surface area contributed by atoms with E-state index in [2.05, 4.69) is 10.6 Å². The predicted octanol–water partition coefficient (Wildman–Crippen LogP) is 4.34. The van der Waals surface area contributed by atoms with Gasteiger partial charge < -0.3 is 25.4 Å². The minimum absolute atomic E-state index is 0.0187. The van der Waals surface area contributed by atoms with Gasteiger partial charge in [0.1, 0.15) is 11.9 Å². The first-order valence-electron chi connectivity index (χ1n) is 14.0. The number of sulfonamides is 1. The number of urea groups is 1. The third-order valence-electron chi connectivity index (χ3n) is 7.82. The summed E-state index contributed by atoms with van der Waals surface area (Å²) in [6, 6.07) is 10.1. The molecule has 224 valence electrons. The maximum Gasteiger partial charge on any atom is 0.319 e. The SMILES string of the molecule is C[C@H]1CN([C@@H](C)CO)C(=O)c2cc(NC(=O)NC3CCCCC3)ccc2O[C@H]1CN(C)S(=O)(=O)c1ccc(Cl)cc1. The molecule has 1 aliphatic heterocycles. The number of rotatable bonds is 8. The summed E-state index contributed by atoms with van der Waals surface area (Å²) < 4.78 is 34.1. The van der Waals surface area contributed by atoms with Gasteiger partial charge in [-0.3, -0.25) is 4.79 Å². The molecule has 41 heavy (non-hydrogen) atoms. The Balaban J connectivity index is 1.59. The van der Waals surface area contributed by atoms with E-state index in [1.54, 1.807) is 30.0 Å². The molecular weight excluding hydrogens is 568 g/mol. The second-order valence-corrected chi connectivity index (χ2v) is 13.5. The van der Waals surface area contributed by atoms with Crippen LogP contribution in [0.25, 0.3) is 0 Å². The molecule has 3 amide bonds. The van der Waals surface area contributed by atoms with Gasteiger partial charge in [-0.2, -0.15) is 4.31 Å². The van der Waals surface area contributed by atoms with Crippen LogP contribution in [0.3, 0.4) is 0 Å². The van der Waals surface area contributed by atoms with Crippen molar-refractivity contribution in [3.8, 4) is 5.75 Å². The standard InChI is InChI=1S/C29H39ClN4O6S/c1-19-16-34(20(2)18-35)28(36)25-15-23(32-29(37)31-22-7-5-4-6-8-22)11-14-26(25)40-27(19)17-33(3)41(38,39)24-12-9-21(30)10-13-24/h9-15,19-20,22,27,35H,4-8,16-18H2,1-3H3,(H2,31,32,37)/t19-,20-,27-/m0/s1. The van der Waals surface area contributed by atoms with Crippen LogP contribution in [0.2, 0.25) is 5.02 Å². The number of carbonyl (C=O) groups excluding carboxylic acids is 2. The van der Waals surface area contributed by atoms with Gasteiger partial charge in [0.15, 0.2) is 0 Å². The first-order chi connectivity index (χ1) is 19.5. The van der Waals surface area contributed by atoms with Crippen LogP contribution < -0.4 is 15.4 Å². The van der Waals surface area contributed by atoms with E-state index in [9.17, 15) is 23.1 Å². The summed E-state index contributed by atoms with van der Waals surface area (Å²) >= 11 is 5.94. The van der Waals surface area contributed by atoms with Crippen LogP contribution in [0.5, 0.6) is 5.75 Å². The zero-order valence-corrected chi connectivity index (χ0v) is 25.2. The van der Waals surface area contributed by atoms with Crippen molar-refractivity contribution in [2.45, 2.75) is 69.0 Å². The Morgan fingerprint density at radius 2 is 1.85 bits per heavy atom. The Morgan fingerprint density at radius 3 is 2.51 bits per heavy atom. The van der Waals surface area contributed by atoms with Crippen molar-refractivity contribution >= 4 is 39.2 Å². The number of aliphatic hydroxyl groups excluding tert-OH is 1. The molecule has 3 N–H and O–H groups in total. The number of nitrogens with one attached hydrogen (secondary N) is 2. The van der Waals surface area contributed by atoms with Crippen LogP contribution in [-0.4, -0.2) is 79.6 Å². The topological polar surface area (TPSA) is 128 Å². The van der Waals surface area contributed by atoms with E-state index >= 15 is 0 Å². The summed E-state index contributed by atoms with van der Waals surface area (Å²) in [5.74, 6) is -0.342. The molecule has 12 heteroatoms. The van der Waals surface area contributed by atoms with Gasteiger partial charge in [0.2, 0.25) is 10.0 Å². The van der Waals surface area contributed by atoms with E-state index in [1.807, 2.05) is 6.92 Å². The van der Waals surface area contributed by atoms with Crippen molar-refractivity contribution in [3.05, 3.63) is 53.1 Å².